The van der Waals surface area contributed by atoms with E-state index in [0.717, 1.165) is 10.5 Å². The fourth-order valence-corrected chi connectivity index (χ4v) is 3.23. The Balaban J connectivity index is 1.59. The van der Waals surface area contributed by atoms with E-state index in [4.69, 9.17) is 0 Å². The summed E-state index contributed by atoms with van der Waals surface area (Å²) in [6, 6.07) is 26.5. The molecule has 3 aromatic rings. The van der Waals surface area contributed by atoms with Gasteiger partial charge in [-0.1, -0.05) is 60.7 Å². The number of rotatable bonds is 7. The molecule has 3 aromatic carbocycles. The first kappa shape index (κ1) is 18.7. The normalized spacial score (nSPS) is 10.2. The quantitative estimate of drug-likeness (QED) is 0.603. The largest absolute Gasteiger partial charge is 0.348 e. The summed E-state index contributed by atoms with van der Waals surface area (Å²) in [4.78, 5) is 25.8. The van der Waals surface area contributed by atoms with E-state index in [1.807, 2.05) is 60.7 Å². The molecule has 2 N–H and O–H groups in total. The fraction of sp³-hybridized carbons (Fsp3) is 0.0909. The van der Waals surface area contributed by atoms with Crippen LogP contribution >= 0.6 is 11.8 Å². The predicted molar refractivity (Wildman–Crippen MR) is 110 cm³/mol. The molecule has 136 valence electrons. The van der Waals surface area contributed by atoms with Gasteiger partial charge in [0, 0.05) is 11.4 Å². The van der Waals surface area contributed by atoms with Crippen LogP contribution in [0.25, 0.3) is 0 Å². The van der Waals surface area contributed by atoms with Crippen molar-refractivity contribution in [1.82, 2.24) is 5.32 Å². The molecular formula is C22H20N2O2S. The summed E-state index contributed by atoms with van der Waals surface area (Å²) in [5, 5.41) is 5.73. The van der Waals surface area contributed by atoms with Gasteiger partial charge in [-0.2, -0.15) is 0 Å². The number of benzene rings is 3. The Hall–Kier alpha value is -3.05. The Labute approximate surface area is 163 Å². The third-order valence-corrected chi connectivity index (χ3v) is 4.87. The van der Waals surface area contributed by atoms with Crippen molar-refractivity contribution in [3.05, 3.63) is 96.1 Å². The number of hydrogen-bond donors (Lipinski definition) is 2. The van der Waals surface area contributed by atoms with Crippen LogP contribution in [0.3, 0.4) is 0 Å². The number of nitrogens with one attached hydrogen (secondary N) is 2. The first-order chi connectivity index (χ1) is 13.2. The maximum atomic E-state index is 12.5. The molecule has 0 radical (unpaired) electrons. The monoisotopic (exact) mass is 376 g/mol. The maximum Gasteiger partial charge on any atom is 0.253 e. The van der Waals surface area contributed by atoms with E-state index < -0.39 is 0 Å². The highest BCUT2D eigenvalue weighted by Gasteiger charge is 2.13. The highest BCUT2D eigenvalue weighted by molar-refractivity contribution is 8.00. The summed E-state index contributed by atoms with van der Waals surface area (Å²) in [6.07, 6.45) is 0. The molecule has 2 amide bonds. The van der Waals surface area contributed by atoms with Crippen LogP contribution in [0.1, 0.15) is 15.9 Å². The van der Waals surface area contributed by atoms with Gasteiger partial charge in [0.15, 0.2) is 0 Å². The van der Waals surface area contributed by atoms with Gasteiger partial charge in [0.05, 0.1) is 17.0 Å². The lowest BCUT2D eigenvalue weighted by Gasteiger charge is -2.11. The number of hydrogen-bond acceptors (Lipinski definition) is 3. The molecular weight excluding hydrogens is 356 g/mol. The Kier molecular flexibility index (Phi) is 6.66. The molecule has 0 saturated carbocycles. The minimum atomic E-state index is -0.217. The number of anilines is 1. The van der Waals surface area contributed by atoms with Crippen molar-refractivity contribution >= 4 is 29.3 Å². The lowest BCUT2D eigenvalue weighted by Crippen LogP contribution is -2.25. The summed E-state index contributed by atoms with van der Waals surface area (Å²) in [5.74, 6) is -0.0816. The van der Waals surface area contributed by atoms with Crippen LogP contribution in [-0.4, -0.2) is 17.6 Å². The molecule has 0 aliphatic heterocycles. The van der Waals surface area contributed by atoms with E-state index in [1.165, 1.54) is 11.8 Å². The number of carbonyl (C=O) groups is 2. The Bertz CT molecular complexity index is 898. The van der Waals surface area contributed by atoms with Crippen LogP contribution in [0.4, 0.5) is 5.69 Å². The van der Waals surface area contributed by atoms with Gasteiger partial charge in [0.25, 0.3) is 5.91 Å². The predicted octanol–water partition coefficient (Wildman–Crippen LogP) is 4.35. The highest BCUT2D eigenvalue weighted by Crippen LogP contribution is 2.19. The SMILES string of the molecule is O=C(CSc1ccccc1)Nc1ccccc1C(=O)NCc1ccccc1. The molecule has 0 fully saturated rings. The summed E-state index contributed by atoms with van der Waals surface area (Å²) in [6.45, 7) is 0.436. The van der Waals surface area contributed by atoms with Crippen molar-refractivity contribution in [2.24, 2.45) is 0 Å². The molecule has 0 heterocycles. The molecule has 0 atom stereocenters. The van der Waals surface area contributed by atoms with Crippen LogP contribution < -0.4 is 10.6 Å². The van der Waals surface area contributed by atoms with Gasteiger partial charge in [0.1, 0.15) is 0 Å². The summed E-state index contributed by atoms with van der Waals surface area (Å²) >= 11 is 1.46. The number of amides is 2. The Morgan fingerprint density at radius 1 is 0.778 bits per heavy atom. The molecule has 3 rings (SSSR count). The molecule has 27 heavy (non-hydrogen) atoms. The van der Waals surface area contributed by atoms with Crippen molar-refractivity contribution in [3.63, 3.8) is 0 Å². The smallest absolute Gasteiger partial charge is 0.253 e. The van der Waals surface area contributed by atoms with Crippen molar-refractivity contribution in [1.29, 1.82) is 0 Å². The van der Waals surface area contributed by atoms with Crippen LogP contribution in [0.15, 0.2) is 89.8 Å². The van der Waals surface area contributed by atoms with Crippen molar-refractivity contribution in [3.8, 4) is 0 Å². The summed E-state index contributed by atoms with van der Waals surface area (Å²) < 4.78 is 0. The fourth-order valence-electron chi connectivity index (χ4n) is 2.52. The van der Waals surface area contributed by atoms with Crippen LogP contribution in [0, 0.1) is 0 Å². The Morgan fingerprint density at radius 3 is 2.15 bits per heavy atom. The molecule has 0 aliphatic rings. The molecule has 0 spiro atoms. The molecule has 5 heteroatoms. The van der Waals surface area contributed by atoms with Gasteiger partial charge >= 0.3 is 0 Å². The maximum absolute atomic E-state index is 12.5. The number of para-hydroxylation sites is 1. The second-order valence-electron chi connectivity index (χ2n) is 5.86. The van der Waals surface area contributed by atoms with E-state index in [-0.39, 0.29) is 17.6 Å². The van der Waals surface area contributed by atoms with E-state index >= 15 is 0 Å². The average Bonchev–Trinajstić information content (AvgIpc) is 2.72. The third kappa shape index (κ3) is 5.72. The standard InChI is InChI=1S/C22H20N2O2S/c25-21(16-27-18-11-5-2-6-12-18)24-20-14-8-7-13-19(20)22(26)23-15-17-9-3-1-4-10-17/h1-14H,15-16H2,(H,23,26)(H,24,25). The van der Waals surface area contributed by atoms with Gasteiger partial charge in [-0.05, 0) is 29.8 Å². The zero-order valence-corrected chi connectivity index (χ0v) is 15.5. The lowest BCUT2D eigenvalue weighted by atomic mass is 10.1. The second-order valence-corrected chi connectivity index (χ2v) is 6.91. The van der Waals surface area contributed by atoms with Crippen molar-refractivity contribution in [2.75, 3.05) is 11.1 Å². The van der Waals surface area contributed by atoms with Gasteiger partial charge in [0.2, 0.25) is 5.91 Å². The van der Waals surface area contributed by atoms with Gasteiger partial charge in [-0.3, -0.25) is 9.59 Å². The first-order valence-corrected chi connectivity index (χ1v) is 9.60. The lowest BCUT2D eigenvalue weighted by molar-refractivity contribution is -0.113. The summed E-state index contributed by atoms with van der Waals surface area (Å²) in [5.41, 5.74) is 1.99. The molecule has 4 nitrogen and oxygen atoms in total. The van der Waals surface area contributed by atoms with Gasteiger partial charge in [-0.15, -0.1) is 11.8 Å². The minimum Gasteiger partial charge on any atom is -0.348 e. The molecule has 0 saturated heterocycles. The van der Waals surface area contributed by atoms with Gasteiger partial charge < -0.3 is 10.6 Å². The zero-order valence-electron chi connectivity index (χ0n) is 14.7. The molecule has 0 bridgehead atoms. The van der Waals surface area contributed by atoms with E-state index in [0.29, 0.717) is 17.8 Å². The zero-order chi connectivity index (χ0) is 18.9. The molecule has 0 aromatic heterocycles. The van der Waals surface area contributed by atoms with E-state index in [1.54, 1.807) is 24.3 Å². The van der Waals surface area contributed by atoms with E-state index in [2.05, 4.69) is 10.6 Å². The third-order valence-electron chi connectivity index (χ3n) is 3.85. The highest BCUT2D eigenvalue weighted by atomic mass is 32.2. The van der Waals surface area contributed by atoms with Crippen molar-refractivity contribution < 1.29 is 9.59 Å². The van der Waals surface area contributed by atoms with Crippen LogP contribution in [-0.2, 0) is 11.3 Å². The first-order valence-electron chi connectivity index (χ1n) is 8.61. The van der Waals surface area contributed by atoms with Gasteiger partial charge in [-0.25, -0.2) is 0 Å². The van der Waals surface area contributed by atoms with Crippen LogP contribution in [0.2, 0.25) is 0 Å². The second kappa shape index (κ2) is 9.59. The topological polar surface area (TPSA) is 58.2 Å². The number of carbonyl (C=O) groups excluding carboxylic acids is 2. The molecule has 0 aliphatic carbocycles. The van der Waals surface area contributed by atoms with E-state index in [9.17, 15) is 9.59 Å². The van der Waals surface area contributed by atoms with Crippen LogP contribution in [0.5, 0.6) is 0 Å². The van der Waals surface area contributed by atoms with Crippen molar-refractivity contribution in [2.45, 2.75) is 11.4 Å². The number of thioether (sulfide) groups is 1. The average molecular weight is 376 g/mol. The molecule has 0 unspecified atom stereocenters. The Morgan fingerprint density at radius 2 is 1.41 bits per heavy atom. The summed E-state index contributed by atoms with van der Waals surface area (Å²) in [7, 11) is 0. The minimum absolute atomic E-state index is 0.146.